The summed E-state index contributed by atoms with van der Waals surface area (Å²) < 4.78 is 6.48. The molecule has 1 aliphatic heterocycles. The molecule has 1 aromatic rings. The van der Waals surface area contributed by atoms with Crippen molar-refractivity contribution in [2.75, 3.05) is 0 Å². The number of allylic oxidation sites excluding steroid dienone is 6. The smallest absolute Gasteiger partial charge is 0.126 e. The molecule has 2 rings (SSSR count). The molecule has 1 heterocycles. The van der Waals surface area contributed by atoms with Crippen LogP contribution in [0.1, 0.15) is 96.3 Å². The zero-order valence-electron chi connectivity index (χ0n) is 20.3. The molecule has 0 aromatic heterocycles. The largest absolute Gasteiger partial charge is 0.508 e. The van der Waals surface area contributed by atoms with Crippen LogP contribution in [0, 0.1) is 13.8 Å². The van der Waals surface area contributed by atoms with E-state index >= 15 is 0 Å². The monoisotopic (exact) mass is 410 g/mol. The highest BCUT2D eigenvalue weighted by atomic mass is 16.5. The number of hydrogen-bond donors (Lipinski definition) is 1. The number of phenolic OH excluding ortho intramolecular Hbond substituents is 1. The Morgan fingerprint density at radius 2 is 1.57 bits per heavy atom. The number of aromatic hydroxyl groups is 1. The molecule has 1 atom stereocenters. The molecule has 0 saturated carbocycles. The third kappa shape index (κ3) is 7.07. The second-order valence-electron chi connectivity index (χ2n) is 9.68. The van der Waals surface area contributed by atoms with E-state index < -0.39 is 0 Å². The summed E-state index contributed by atoms with van der Waals surface area (Å²) in [5, 5.41) is 10.1. The molecule has 2 heteroatoms. The molecule has 2 nitrogen and oxygen atoms in total. The molecule has 30 heavy (non-hydrogen) atoms. The van der Waals surface area contributed by atoms with Gasteiger partial charge in [-0.25, -0.2) is 0 Å². The lowest BCUT2D eigenvalue weighted by Gasteiger charge is -2.37. The zero-order valence-corrected chi connectivity index (χ0v) is 20.3. The molecule has 0 bridgehead atoms. The van der Waals surface area contributed by atoms with Gasteiger partial charge in [0.25, 0.3) is 0 Å². The minimum atomic E-state index is -0.126. The van der Waals surface area contributed by atoms with Crippen LogP contribution in [-0.2, 0) is 6.42 Å². The second kappa shape index (κ2) is 10.9. The van der Waals surface area contributed by atoms with Crippen LogP contribution in [0.2, 0.25) is 0 Å². The minimum Gasteiger partial charge on any atom is -0.508 e. The number of hydrogen-bond acceptors (Lipinski definition) is 2. The number of phenols is 1. The molecule has 166 valence electrons. The number of ether oxygens (including phenoxy) is 1. The van der Waals surface area contributed by atoms with Crippen LogP contribution in [0.3, 0.4) is 0 Å². The van der Waals surface area contributed by atoms with E-state index in [1.807, 2.05) is 13.0 Å². The molecule has 0 spiro atoms. The third-order valence-electron chi connectivity index (χ3n) is 6.45. The van der Waals surface area contributed by atoms with Crippen molar-refractivity contribution in [3.05, 3.63) is 57.7 Å². The van der Waals surface area contributed by atoms with E-state index in [-0.39, 0.29) is 5.60 Å². The Kier molecular flexibility index (Phi) is 8.82. The molecule has 0 radical (unpaired) electrons. The molecule has 0 unspecified atom stereocenters. The standard InChI is InChI=1S/C28H42O2/c1-20(2)11-8-12-21(3)13-9-14-22(4)15-10-17-28(7)18-16-25-19-26(29)23(5)24(6)27(25)30-28/h11,13,15,19,29H,8-10,12,14,16-18H2,1-7H3/b21-13+,22-15-/t28-/m0/s1. The average Bonchev–Trinajstić information content (AvgIpc) is 2.67. The van der Waals surface area contributed by atoms with Gasteiger partial charge in [-0.3, -0.25) is 0 Å². The Morgan fingerprint density at radius 1 is 0.967 bits per heavy atom. The van der Waals surface area contributed by atoms with Crippen molar-refractivity contribution in [3.63, 3.8) is 0 Å². The highest BCUT2D eigenvalue weighted by molar-refractivity contribution is 5.53. The SMILES string of the molecule is CC(C)=CCC/C(C)=C/CC/C(C)=C\CC[C@@]1(C)CCc2cc(O)c(C)c(C)c2O1. The van der Waals surface area contributed by atoms with Gasteiger partial charge in [0.1, 0.15) is 17.1 Å². The van der Waals surface area contributed by atoms with Gasteiger partial charge in [0.2, 0.25) is 0 Å². The lowest BCUT2D eigenvalue weighted by molar-refractivity contribution is 0.0560. The maximum atomic E-state index is 10.1. The van der Waals surface area contributed by atoms with E-state index in [2.05, 4.69) is 59.8 Å². The molecule has 0 amide bonds. The van der Waals surface area contributed by atoms with Crippen LogP contribution in [-0.4, -0.2) is 10.7 Å². The Balaban J connectivity index is 1.83. The lowest BCUT2D eigenvalue weighted by Crippen LogP contribution is -2.36. The van der Waals surface area contributed by atoms with Crippen molar-refractivity contribution < 1.29 is 9.84 Å². The highest BCUT2D eigenvalue weighted by Gasteiger charge is 2.32. The van der Waals surface area contributed by atoms with E-state index in [0.29, 0.717) is 5.75 Å². The zero-order chi connectivity index (χ0) is 22.3. The molecule has 1 aromatic carbocycles. The van der Waals surface area contributed by atoms with Crippen molar-refractivity contribution in [3.8, 4) is 11.5 Å². The molecule has 1 N–H and O–H groups in total. The maximum absolute atomic E-state index is 10.1. The molecule has 0 saturated heterocycles. The van der Waals surface area contributed by atoms with E-state index in [1.54, 1.807) is 0 Å². The first-order valence-corrected chi connectivity index (χ1v) is 11.6. The van der Waals surface area contributed by atoms with Gasteiger partial charge in [-0.05, 0) is 123 Å². The molecule has 1 aliphatic rings. The summed E-state index contributed by atoms with van der Waals surface area (Å²) in [5.41, 5.74) is 7.40. The van der Waals surface area contributed by atoms with Crippen LogP contribution < -0.4 is 4.74 Å². The highest BCUT2D eigenvalue weighted by Crippen LogP contribution is 2.41. The Hall–Kier alpha value is -1.96. The van der Waals surface area contributed by atoms with Gasteiger partial charge in [-0.15, -0.1) is 0 Å². The van der Waals surface area contributed by atoms with E-state index in [9.17, 15) is 5.11 Å². The Bertz CT molecular complexity index is 822. The predicted octanol–water partition coefficient (Wildman–Crippen LogP) is 8.29. The summed E-state index contributed by atoms with van der Waals surface area (Å²) in [4.78, 5) is 0. The molecular weight excluding hydrogens is 368 g/mol. The minimum absolute atomic E-state index is 0.126. The van der Waals surface area contributed by atoms with Crippen molar-refractivity contribution in [2.24, 2.45) is 0 Å². The first-order valence-electron chi connectivity index (χ1n) is 11.6. The van der Waals surface area contributed by atoms with Crippen LogP contribution in [0.5, 0.6) is 11.5 Å². The summed E-state index contributed by atoms with van der Waals surface area (Å²) in [6.07, 6.45) is 15.8. The fourth-order valence-electron chi connectivity index (χ4n) is 4.11. The lowest BCUT2D eigenvalue weighted by atomic mass is 9.87. The average molecular weight is 411 g/mol. The van der Waals surface area contributed by atoms with E-state index in [1.165, 1.54) is 23.1 Å². The van der Waals surface area contributed by atoms with Crippen LogP contribution in [0.25, 0.3) is 0 Å². The number of fused-ring (bicyclic) bond motifs is 1. The molecule has 0 fully saturated rings. The van der Waals surface area contributed by atoms with Gasteiger partial charge >= 0.3 is 0 Å². The van der Waals surface area contributed by atoms with Crippen LogP contribution in [0.15, 0.2) is 41.0 Å². The molecular formula is C28H42O2. The normalized spacial score (nSPS) is 19.3. The van der Waals surface area contributed by atoms with Crippen molar-refractivity contribution >= 4 is 0 Å². The van der Waals surface area contributed by atoms with Crippen molar-refractivity contribution in [1.82, 2.24) is 0 Å². The fourth-order valence-corrected chi connectivity index (χ4v) is 4.11. The first-order chi connectivity index (χ1) is 14.1. The molecule has 0 aliphatic carbocycles. The topological polar surface area (TPSA) is 29.5 Å². The Labute approximate surface area is 184 Å². The third-order valence-corrected chi connectivity index (χ3v) is 6.45. The summed E-state index contributed by atoms with van der Waals surface area (Å²) >= 11 is 0. The van der Waals surface area contributed by atoms with Gasteiger partial charge in [-0.2, -0.15) is 0 Å². The first kappa shape index (κ1) is 24.3. The van der Waals surface area contributed by atoms with Crippen LogP contribution in [0.4, 0.5) is 0 Å². The summed E-state index contributed by atoms with van der Waals surface area (Å²) in [5.74, 6) is 1.38. The number of benzene rings is 1. The van der Waals surface area contributed by atoms with Crippen molar-refractivity contribution in [1.29, 1.82) is 0 Å². The van der Waals surface area contributed by atoms with Gasteiger partial charge in [-0.1, -0.05) is 34.9 Å². The maximum Gasteiger partial charge on any atom is 0.126 e. The van der Waals surface area contributed by atoms with E-state index in [4.69, 9.17) is 4.74 Å². The van der Waals surface area contributed by atoms with Gasteiger partial charge in [0.15, 0.2) is 0 Å². The van der Waals surface area contributed by atoms with Gasteiger partial charge < -0.3 is 9.84 Å². The summed E-state index contributed by atoms with van der Waals surface area (Å²) in [6, 6.07) is 1.89. The van der Waals surface area contributed by atoms with E-state index in [0.717, 1.165) is 67.4 Å². The van der Waals surface area contributed by atoms with Gasteiger partial charge in [0, 0.05) is 0 Å². The quantitative estimate of drug-likeness (QED) is 0.415. The predicted molar refractivity (Wildman–Crippen MR) is 130 cm³/mol. The fraction of sp³-hybridized carbons (Fsp3) is 0.571. The summed E-state index contributed by atoms with van der Waals surface area (Å²) in [7, 11) is 0. The second-order valence-corrected chi connectivity index (χ2v) is 9.68. The number of rotatable bonds is 9. The summed E-state index contributed by atoms with van der Waals surface area (Å²) in [6.45, 7) is 15.1. The number of aryl methyl sites for hydroxylation is 1. The Morgan fingerprint density at radius 3 is 2.20 bits per heavy atom. The van der Waals surface area contributed by atoms with Crippen molar-refractivity contribution in [2.45, 2.75) is 105 Å². The van der Waals surface area contributed by atoms with Crippen LogP contribution >= 0.6 is 0 Å². The van der Waals surface area contributed by atoms with Gasteiger partial charge in [0.05, 0.1) is 0 Å².